The first-order valence-electron chi connectivity index (χ1n) is 13.5. The molecule has 0 aliphatic carbocycles. The van der Waals surface area contributed by atoms with Crippen molar-refractivity contribution in [1.82, 2.24) is 0 Å². The number of aryl methyl sites for hydroxylation is 1. The maximum absolute atomic E-state index is 12.8. The highest BCUT2D eigenvalue weighted by atomic mass is 35.5. The number of ether oxygens (including phenoxy) is 4. The number of fused-ring (bicyclic) bond motifs is 1. The van der Waals surface area contributed by atoms with E-state index in [0.717, 1.165) is 17.5 Å². The topological polar surface area (TPSA) is 104 Å². The Bertz CT molecular complexity index is 1680. The molecule has 4 aromatic carbocycles. The Hall–Kier alpha value is -4.93. The van der Waals surface area contributed by atoms with Crippen LogP contribution in [0.15, 0.2) is 102 Å². The number of halogens is 1. The van der Waals surface area contributed by atoms with Crippen molar-refractivity contribution in [2.24, 2.45) is 5.73 Å². The van der Waals surface area contributed by atoms with Gasteiger partial charge >= 0.3 is 5.97 Å². The molecule has 2 N–H and O–H groups in total. The van der Waals surface area contributed by atoms with Crippen LogP contribution >= 0.6 is 11.6 Å². The summed E-state index contributed by atoms with van der Waals surface area (Å²) in [6, 6.07) is 29.7. The van der Waals surface area contributed by atoms with Gasteiger partial charge in [-0.2, -0.15) is 5.26 Å². The lowest BCUT2D eigenvalue weighted by Gasteiger charge is -2.27. The second kappa shape index (κ2) is 12.7. The minimum absolute atomic E-state index is 0.0203. The summed E-state index contributed by atoms with van der Waals surface area (Å²) >= 11 is 6.27. The first kappa shape index (κ1) is 28.6. The smallest absolute Gasteiger partial charge is 0.352 e. The Labute approximate surface area is 249 Å². The van der Waals surface area contributed by atoms with E-state index in [-0.39, 0.29) is 23.8 Å². The highest BCUT2D eigenvalue weighted by molar-refractivity contribution is 6.31. The summed E-state index contributed by atoms with van der Waals surface area (Å²) in [5.41, 5.74) is 9.98. The van der Waals surface area contributed by atoms with E-state index >= 15 is 0 Å². The predicted octanol–water partition coefficient (Wildman–Crippen LogP) is 7.07. The zero-order valence-corrected chi connectivity index (χ0v) is 23.9. The van der Waals surface area contributed by atoms with Crippen LogP contribution < -0.4 is 24.7 Å². The van der Waals surface area contributed by atoms with Crippen molar-refractivity contribution >= 4 is 17.6 Å². The zero-order valence-electron chi connectivity index (χ0n) is 23.2. The molecule has 0 saturated heterocycles. The van der Waals surface area contributed by atoms with Gasteiger partial charge in [0, 0.05) is 22.2 Å². The average Bonchev–Trinajstić information content (AvgIpc) is 3.00. The van der Waals surface area contributed by atoms with Crippen molar-refractivity contribution < 1.29 is 23.7 Å². The fourth-order valence-corrected chi connectivity index (χ4v) is 4.85. The molecule has 0 spiro atoms. The number of carbonyl (C=O) groups excluding carboxylic acids is 1. The molecule has 2 atom stereocenters. The fourth-order valence-electron chi connectivity index (χ4n) is 4.66. The first-order chi connectivity index (χ1) is 20.4. The van der Waals surface area contributed by atoms with Gasteiger partial charge in [0.2, 0.25) is 5.88 Å². The molecule has 1 heterocycles. The van der Waals surface area contributed by atoms with Gasteiger partial charge in [-0.05, 0) is 60.9 Å². The molecule has 0 fully saturated rings. The Morgan fingerprint density at radius 3 is 2.50 bits per heavy atom. The van der Waals surface area contributed by atoms with Crippen LogP contribution in [0.3, 0.4) is 0 Å². The van der Waals surface area contributed by atoms with Gasteiger partial charge in [-0.25, -0.2) is 4.79 Å². The molecule has 5 rings (SSSR count). The maximum atomic E-state index is 12.8. The third-order valence-corrected chi connectivity index (χ3v) is 7.30. The monoisotopic (exact) mass is 580 g/mol. The number of nitriles is 1. The summed E-state index contributed by atoms with van der Waals surface area (Å²) in [5.74, 6) is 0.737. The summed E-state index contributed by atoms with van der Waals surface area (Å²) in [6.45, 7) is 3.99. The molecule has 2 unspecified atom stereocenters. The Morgan fingerprint density at radius 1 is 1.00 bits per heavy atom. The van der Waals surface area contributed by atoms with E-state index in [0.29, 0.717) is 27.8 Å². The number of nitrogens with zero attached hydrogens (tertiary/aromatic N) is 1. The zero-order chi connectivity index (χ0) is 29.6. The minimum Gasteiger partial charge on any atom is -0.489 e. The lowest BCUT2D eigenvalue weighted by molar-refractivity contribution is -0.141. The predicted molar refractivity (Wildman–Crippen MR) is 160 cm³/mol. The van der Waals surface area contributed by atoms with Crippen LogP contribution in [0.4, 0.5) is 0 Å². The molecular weight excluding hydrogens is 552 g/mol. The summed E-state index contributed by atoms with van der Waals surface area (Å²) in [6.07, 6.45) is 0.0724. The van der Waals surface area contributed by atoms with Crippen molar-refractivity contribution in [3.8, 4) is 29.1 Å². The summed E-state index contributed by atoms with van der Waals surface area (Å²) < 4.78 is 23.2. The summed E-state index contributed by atoms with van der Waals surface area (Å²) in [7, 11) is 0. The molecule has 0 aromatic heterocycles. The van der Waals surface area contributed by atoms with E-state index in [1.165, 1.54) is 5.56 Å². The highest BCUT2D eigenvalue weighted by Crippen LogP contribution is 2.44. The molecule has 0 radical (unpaired) electrons. The standard InChI is InChI=1S/C34H29ClN2O5/c1-3-22-11-13-25(14-12-22)40-21(2)34(38)41-27-15-16-28-31(18-27)42-33(37)29(19-36)32(28)23-8-6-9-26(17-23)39-20-24-7-4-5-10-30(24)35/h4-18,21,32H,3,20,37H2,1-2H3. The van der Waals surface area contributed by atoms with Gasteiger partial charge in [0.1, 0.15) is 41.2 Å². The molecule has 0 bridgehead atoms. The van der Waals surface area contributed by atoms with Gasteiger partial charge in [0.25, 0.3) is 0 Å². The molecule has 42 heavy (non-hydrogen) atoms. The Kier molecular flexibility index (Phi) is 8.66. The quantitative estimate of drug-likeness (QED) is 0.167. The SMILES string of the molecule is CCc1ccc(OC(C)C(=O)Oc2ccc3c(c2)OC(N)=C(C#N)C3c2cccc(OCc3ccccc3Cl)c2)cc1. The molecule has 0 amide bonds. The number of rotatable bonds is 9. The molecule has 8 heteroatoms. The number of hydrogen-bond donors (Lipinski definition) is 1. The largest absolute Gasteiger partial charge is 0.489 e. The van der Waals surface area contributed by atoms with E-state index in [1.807, 2.05) is 72.8 Å². The minimum atomic E-state index is -0.842. The number of nitrogens with two attached hydrogens (primary N) is 1. The van der Waals surface area contributed by atoms with E-state index in [1.54, 1.807) is 25.1 Å². The van der Waals surface area contributed by atoms with Crippen LogP contribution in [0.1, 0.15) is 42.0 Å². The lowest BCUT2D eigenvalue weighted by atomic mass is 9.83. The molecule has 7 nitrogen and oxygen atoms in total. The molecule has 0 saturated carbocycles. The maximum Gasteiger partial charge on any atom is 0.352 e. The first-order valence-corrected chi connectivity index (χ1v) is 13.9. The molecule has 4 aromatic rings. The van der Waals surface area contributed by atoms with Crippen molar-refractivity contribution in [1.29, 1.82) is 5.26 Å². The number of esters is 1. The fraction of sp³-hybridized carbons (Fsp3) is 0.176. The van der Waals surface area contributed by atoms with Crippen molar-refractivity contribution in [3.63, 3.8) is 0 Å². The third-order valence-electron chi connectivity index (χ3n) is 6.93. The Balaban J connectivity index is 1.34. The number of carbonyl (C=O) groups is 1. The number of hydrogen-bond acceptors (Lipinski definition) is 7. The average molecular weight is 581 g/mol. The van der Waals surface area contributed by atoms with E-state index in [4.69, 9.17) is 36.3 Å². The van der Waals surface area contributed by atoms with Crippen LogP contribution in [-0.4, -0.2) is 12.1 Å². The van der Waals surface area contributed by atoms with Crippen molar-refractivity contribution in [2.45, 2.75) is 38.9 Å². The molecule has 212 valence electrons. The van der Waals surface area contributed by atoms with Crippen LogP contribution in [0.2, 0.25) is 5.02 Å². The van der Waals surface area contributed by atoms with Gasteiger partial charge in [-0.1, -0.05) is 67.1 Å². The van der Waals surface area contributed by atoms with E-state index in [2.05, 4.69) is 13.0 Å². The van der Waals surface area contributed by atoms with Crippen molar-refractivity contribution in [3.05, 3.63) is 130 Å². The van der Waals surface area contributed by atoms with Crippen LogP contribution in [0.5, 0.6) is 23.0 Å². The Morgan fingerprint density at radius 2 is 1.76 bits per heavy atom. The van der Waals surface area contributed by atoms with Gasteiger partial charge in [0.15, 0.2) is 6.10 Å². The second-order valence-electron chi connectivity index (χ2n) is 9.76. The summed E-state index contributed by atoms with van der Waals surface area (Å²) in [5, 5.41) is 10.6. The number of allylic oxidation sites excluding steroid dienone is 1. The van der Waals surface area contributed by atoms with E-state index < -0.39 is 18.0 Å². The lowest BCUT2D eigenvalue weighted by Crippen LogP contribution is -2.28. The van der Waals surface area contributed by atoms with E-state index in [9.17, 15) is 10.1 Å². The van der Waals surface area contributed by atoms with Gasteiger partial charge < -0.3 is 24.7 Å². The molecule has 1 aliphatic heterocycles. The normalized spacial score (nSPS) is 14.7. The molecule has 1 aliphatic rings. The molecular formula is C34H29ClN2O5. The van der Waals surface area contributed by atoms with Crippen LogP contribution in [0, 0.1) is 11.3 Å². The van der Waals surface area contributed by atoms with Crippen LogP contribution in [-0.2, 0) is 17.8 Å². The van der Waals surface area contributed by atoms with Gasteiger partial charge in [-0.15, -0.1) is 0 Å². The van der Waals surface area contributed by atoms with Crippen molar-refractivity contribution in [2.75, 3.05) is 0 Å². The second-order valence-corrected chi connectivity index (χ2v) is 10.2. The highest BCUT2D eigenvalue weighted by Gasteiger charge is 2.31. The number of benzene rings is 4. The van der Waals surface area contributed by atoms with Crippen LogP contribution in [0.25, 0.3) is 0 Å². The third kappa shape index (κ3) is 6.35. The van der Waals surface area contributed by atoms with Gasteiger partial charge in [-0.3, -0.25) is 0 Å². The van der Waals surface area contributed by atoms with Gasteiger partial charge in [0.05, 0.1) is 5.92 Å². The summed E-state index contributed by atoms with van der Waals surface area (Å²) in [4.78, 5) is 12.8.